The van der Waals surface area contributed by atoms with Crippen LogP contribution >= 0.6 is 0 Å². The van der Waals surface area contributed by atoms with E-state index in [0.717, 1.165) is 33.8 Å². The standard InChI is InChI=1S/C21H20N6O3/c1-2-22-21(28)26-20-24-15-10-14(11-16(19(15)25-20)27-7-3-6-23-27)13-4-5-17-18(12-13)30-9-8-29-17/h3-7,10-12H,2,8-9H2,1H3,(H3,22,24,25,26,28). The van der Waals surface area contributed by atoms with Crippen LogP contribution in [0.25, 0.3) is 27.8 Å². The molecule has 4 aromatic rings. The lowest BCUT2D eigenvalue weighted by Gasteiger charge is -2.19. The van der Waals surface area contributed by atoms with Crippen molar-refractivity contribution in [2.75, 3.05) is 25.1 Å². The van der Waals surface area contributed by atoms with Gasteiger partial charge in [-0.15, -0.1) is 0 Å². The number of aromatic nitrogens is 4. The molecule has 3 heterocycles. The first-order valence-corrected chi connectivity index (χ1v) is 9.70. The second-order valence-electron chi connectivity index (χ2n) is 6.77. The van der Waals surface area contributed by atoms with Crippen LogP contribution in [0.5, 0.6) is 11.5 Å². The summed E-state index contributed by atoms with van der Waals surface area (Å²) in [6, 6.07) is 11.4. The molecule has 152 valence electrons. The third-order valence-corrected chi connectivity index (χ3v) is 4.77. The Kier molecular flexibility index (Phi) is 4.47. The summed E-state index contributed by atoms with van der Waals surface area (Å²) < 4.78 is 13.1. The summed E-state index contributed by atoms with van der Waals surface area (Å²) in [6.45, 7) is 3.46. The Morgan fingerprint density at radius 1 is 1.17 bits per heavy atom. The molecule has 0 spiro atoms. The van der Waals surface area contributed by atoms with Gasteiger partial charge in [0.2, 0.25) is 5.95 Å². The van der Waals surface area contributed by atoms with Crippen LogP contribution in [-0.2, 0) is 0 Å². The van der Waals surface area contributed by atoms with Gasteiger partial charge in [0.15, 0.2) is 11.5 Å². The van der Waals surface area contributed by atoms with Gasteiger partial charge in [0.25, 0.3) is 0 Å². The van der Waals surface area contributed by atoms with Crippen LogP contribution in [0, 0.1) is 0 Å². The molecule has 9 nitrogen and oxygen atoms in total. The Hall–Kier alpha value is -4.01. The molecule has 3 N–H and O–H groups in total. The number of carbonyl (C=O) groups excluding carboxylic acids is 1. The number of nitrogens with zero attached hydrogens (tertiary/aromatic N) is 3. The smallest absolute Gasteiger partial charge is 0.321 e. The maximum absolute atomic E-state index is 11.9. The summed E-state index contributed by atoms with van der Waals surface area (Å²) in [7, 11) is 0. The summed E-state index contributed by atoms with van der Waals surface area (Å²) in [4.78, 5) is 19.6. The lowest BCUT2D eigenvalue weighted by atomic mass is 10.0. The zero-order valence-electron chi connectivity index (χ0n) is 16.3. The number of rotatable bonds is 4. The summed E-state index contributed by atoms with van der Waals surface area (Å²) in [5.74, 6) is 1.83. The van der Waals surface area contributed by atoms with E-state index < -0.39 is 0 Å². The third kappa shape index (κ3) is 3.30. The van der Waals surface area contributed by atoms with Crippen LogP contribution in [0.3, 0.4) is 0 Å². The zero-order valence-corrected chi connectivity index (χ0v) is 16.3. The van der Waals surface area contributed by atoms with Gasteiger partial charge in [-0.2, -0.15) is 5.10 Å². The highest BCUT2D eigenvalue weighted by atomic mass is 16.6. The van der Waals surface area contributed by atoms with Crippen molar-refractivity contribution in [2.24, 2.45) is 0 Å². The molecule has 2 amide bonds. The number of hydrogen-bond donors (Lipinski definition) is 3. The van der Waals surface area contributed by atoms with Crippen LogP contribution < -0.4 is 20.1 Å². The molecule has 0 bridgehead atoms. The maximum atomic E-state index is 11.9. The largest absolute Gasteiger partial charge is 0.486 e. The van der Waals surface area contributed by atoms with Crippen molar-refractivity contribution >= 4 is 23.0 Å². The van der Waals surface area contributed by atoms with E-state index in [9.17, 15) is 4.79 Å². The molecule has 1 aliphatic heterocycles. The Morgan fingerprint density at radius 2 is 2.03 bits per heavy atom. The monoisotopic (exact) mass is 404 g/mol. The fourth-order valence-corrected chi connectivity index (χ4v) is 3.45. The number of H-pyrrole nitrogens is 1. The number of carbonyl (C=O) groups is 1. The van der Waals surface area contributed by atoms with E-state index in [1.165, 1.54) is 0 Å². The summed E-state index contributed by atoms with van der Waals surface area (Å²) in [5, 5.41) is 9.78. The van der Waals surface area contributed by atoms with Crippen molar-refractivity contribution in [3.05, 3.63) is 48.8 Å². The number of fused-ring (bicyclic) bond motifs is 2. The highest BCUT2D eigenvalue weighted by molar-refractivity contribution is 5.94. The van der Waals surface area contributed by atoms with E-state index in [0.29, 0.717) is 31.2 Å². The van der Waals surface area contributed by atoms with Gasteiger partial charge in [-0.25, -0.2) is 14.5 Å². The van der Waals surface area contributed by atoms with Crippen molar-refractivity contribution in [3.8, 4) is 28.3 Å². The van der Waals surface area contributed by atoms with Gasteiger partial charge in [0.05, 0.1) is 16.7 Å². The van der Waals surface area contributed by atoms with Gasteiger partial charge < -0.3 is 19.8 Å². The van der Waals surface area contributed by atoms with Gasteiger partial charge in [-0.1, -0.05) is 6.07 Å². The number of anilines is 1. The van der Waals surface area contributed by atoms with Gasteiger partial charge in [0, 0.05) is 18.9 Å². The molecule has 0 aliphatic carbocycles. The minimum atomic E-state index is -0.316. The first-order chi connectivity index (χ1) is 14.7. The maximum Gasteiger partial charge on any atom is 0.321 e. The fraction of sp³-hybridized carbons (Fsp3) is 0.190. The highest BCUT2D eigenvalue weighted by Gasteiger charge is 2.16. The number of urea groups is 1. The van der Waals surface area contributed by atoms with Gasteiger partial charge in [-0.3, -0.25) is 5.32 Å². The average molecular weight is 404 g/mol. The molecule has 0 unspecified atom stereocenters. The number of hydrogen-bond acceptors (Lipinski definition) is 5. The van der Waals surface area contributed by atoms with Crippen molar-refractivity contribution in [1.29, 1.82) is 0 Å². The molecule has 9 heteroatoms. The minimum Gasteiger partial charge on any atom is -0.486 e. The topological polar surface area (TPSA) is 106 Å². The molecule has 30 heavy (non-hydrogen) atoms. The Labute approximate surface area is 172 Å². The zero-order chi connectivity index (χ0) is 20.5. The van der Waals surface area contributed by atoms with E-state index in [-0.39, 0.29) is 6.03 Å². The number of imidazole rings is 1. The van der Waals surface area contributed by atoms with E-state index in [1.54, 1.807) is 10.9 Å². The molecule has 1 aliphatic rings. The Bertz CT molecular complexity index is 1220. The summed E-state index contributed by atoms with van der Waals surface area (Å²) in [6.07, 6.45) is 3.58. The van der Waals surface area contributed by atoms with Gasteiger partial charge >= 0.3 is 6.03 Å². The molecule has 0 saturated heterocycles. The van der Waals surface area contributed by atoms with Crippen LogP contribution in [0.2, 0.25) is 0 Å². The number of amides is 2. The predicted molar refractivity (Wildman–Crippen MR) is 112 cm³/mol. The van der Waals surface area contributed by atoms with Crippen molar-refractivity contribution in [2.45, 2.75) is 6.92 Å². The van der Waals surface area contributed by atoms with Gasteiger partial charge in [0.1, 0.15) is 13.2 Å². The van der Waals surface area contributed by atoms with Crippen molar-refractivity contribution < 1.29 is 14.3 Å². The van der Waals surface area contributed by atoms with Crippen LogP contribution in [-0.4, -0.2) is 45.5 Å². The summed E-state index contributed by atoms with van der Waals surface area (Å²) in [5.41, 5.74) is 4.21. The third-order valence-electron chi connectivity index (χ3n) is 4.77. The number of ether oxygens (including phenoxy) is 2. The van der Waals surface area contributed by atoms with E-state index in [4.69, 9.17) is 9.47 Å². The lowest BCUT2D eigenvalue weighted by molar-refractivity contribution is 0.171. The minimum absolute atomic E-state index is 0.316. The quantitative estimate of drug-likeness (QED) is 0.484. The van der Waals surface area contributed by atoms with E-state index in [1.807, 2.05) is 49.5 Å². The second-order valence-corrected chi connectivity index (χ2v) is 6.77. The van der Waals surface area contributed by atoms with Crippen LogP contribution in [0.15, 0.2) is 48.8 Å². The molecule has 5 rings (SSSR count). The molecular weight excluding hydrogens is 384 g/mol. The number of nitrogens with one attached hydrogen (secondary N) is 3. The number of aromatic amines is 1. The predicted octanol–water partition coefficient (Wildman–Crippen LogP) is 3.33. The van der Waals surface area contributed by atoms with Gasteiger partial charge in [-0.05, 0) is 48.4 Å². The first-order valence-electron chi connectivity index (χ1n) is 9.70. The molecular formula is C21H20N6O3. The Balaban J connectivity index is 1.62. The molecule has 0 atom stereocenters. The van der Waals surface area contributed by atoms with Crippen LogP contribution in [0.1, 0.15) is 6.92 Å². The SMILES string of the molecule is CCNC(=O)Nc1nc2cc(-c3ccc4c(c3)OCCO4)cc(-n3cccn3)c2[nH]1. The number of benzene rings is 2. The lowest BCUT2D eigenvalue weighted by Crippen LogP contribution is -2.28. The molecule has 2 aromatic carbocycles. The average Bonchev–Trinajstić information content (AvgIpc) is 3.42. The summed E-state index contributed by atoms with van der Waals surface area (Å²) >= 11 is 0. The van der Waals surface area contributed by atoms with Crippen molar-refractivity contribution in [3.63, 3.8) is 0 Å². The fourth-order valence-electron chi connectivity index (χ4n) is 3.45. The molecule has 0 saturated carbocycles. The van der Waals surface area contributed by atoms with E-state index in [2.05, 4.69) is 25.7 Å². The van der Waals surface area contributed by atoms with Crippen LogP contribution in [0.4, 0.5) is 10.7 Å². The highest BCUT2D eigenvalue weighted by Crippen LogP contribution is 2.36. The molecule has 2 aromatic heterocycles. The normalized spacial score (nSPS) is 12.7. The van der Waals surface area contributed by atoms with E-state index >= 15 is 0 Å². The molecule has 0 radical (unpaired) electrons. The second kappa shape index (κ2) is 7.43. The molecule has 0 fully saturated rings. The first kappa shape index (κ1) is 18.0. The van der Waals surface area contributed by atoms with Crippen molar-refractivity contribution in [1.82, 2.24) is 25.1 Å². The Morgan fingerprint density at radius 3 is 2.83 bits per heavy atom.